The molecule has 2 aromatic heterocycles. The van der Waals surface area contributed by atoms with Crippen molar-refractivity contribution in [3.8, 4) is 17.3 Å². The van der Waals surface area contributed by atoms with Gasteiger partial charge in [-0.2, -0.15) is 0 Å². The molecule has 5 aromatic carbocycles. The Kier molecular flexibility index (Phi) is 8.87. The molecular weight excluding hydrogens is 685 g/mol. The highest BCUT2D eigenvalue weighted by atomic mass is 16.5. The van der Waals surface area contributed by atoms with Gasteiger partial charge in [-0.3, -0.25) is 4.57 Å². The third-order valence-corrected chi connectivity index (χ3v) is 11.4. The number of aromatic nitrogens is 2. The van der Waals surface area contributed by atoms with Crippen LogP contribution in [0, 0.1) is 20.8 Å². The second-order valence-corrected chi connectivity index (χ2v) is 18.9. The second-order valence-electron chi connectivity index (χ2n) is 18.9. The summed E-state index contributed by atoms with van der Waals surface area (Å²) in [6, 6.07) is 37.4. The molecule has 56 heavy (non-hydrogen) atoms. The van der Waals surface area contributed by atoms with Crippen LogP contribution in [-0.2, 0) is 16.2 Å². The van der Waals surface area contributed by atoms with E-state index >= 15 is 0 Å². The van der Waals surface area contributed by atoms with Gasteiger partial charge in [0.2, 0.25) is 0 Å². The molecule has 5 heteroatoms. The lowest BCUT2D eigenvalue weighted by molar-refractivity contribution is 0.483. The summed E-state index contributed by atoms with van der Waals surface area (Å²) in [6.07, 6.45) is 1.93. The molecule has 3 heterocycles. The van der Waals surface area contributed by atoms with E-state index in [-0.39, 0.29) is 16.2 Å². The van der Waals surface area contributed by atoms with Gasteiger partial charge in [0.1, 0.15) is 24.0 Å². The molecule has 0 atom stereocenters. The van der Waals surface area contributed by atoms with Gasteiger partial charge in [-0.1, -0.05) is 110 Å². The van der Waals surface area contributed by atoms with Crippen LogP contribution in [0.4, 0.5) is 22.7 Å². The van der Waals surface area contributed by atoms with Crippen molar-refractivity contribution in [1.29, 1.82) is 0 Å². The van der Waals surface area contributed by atoms with Gasteiger partial charge in [-0.05, 0) is 113 Å². The van der Waals surface area contributed by atoms with Gasteiger partial charge < -0.3 is 14.5 Å². The monoisotopic (exact) mass is 740 g/mol. The number of hydrogen-bond donors (Lipinski definition) is 0. The Bertz CT molecular complexity index is 2620. The van der Waals surface area contributed by atoms with Gasteiger partial charge in [-0.25, -0.2) is 4.98 Å². The van der Waals surface area contributed by atoms with Gasteiger partial charge in [-0.15, -0.1) is 0 Å². The van der Waals surface area contributed by atoms with Crippen molar-refractivity contribution >= 4 is 44.6 Å². The molecular formula is C51H56N4O. The molecule has 0 saturated heterocycles. The molecule has 0 saturated carbocycles. The van der Waals surface area contributed by atoms with Gasteiger partial charge >= 0.3 is 0 Å². The van der Waals surface area contributed by atoms with E-state index in [1.807, 2.05) is 6.20 Å². The van der Waals surface area contributed by atoms with Crippen LogP contribution in [0.1, 0.15) is 95.7 Å². The van der Waals surface area contributed by atoms with E-state index in [4.69, 9.17) is 9.72 Å². The smallest absolute Gasteiger partial charge is 0.137 e. The summed E-state index contributed by atoms with van der Waals surface area (Å²) in [5.74, 6) is 2.48. The average Bonchev–Trinajstić information content (AvgIpc) is 3.66. The van der Waals surface area contributed by atoms with Crippen molar-refractivity contribution in [2.45, 2.75) is 99.3 Å². The molecule has 8 rings (SSSR count). The highest BCUT2D eigenvalue weighted by Gasteiger charge is 2.37. The lowest BCUT2D eigenvalue weighted by Gasteiger charge is -2.30. The normalized spacial score (nSPS) is 13.6. The molecule has 1 aliphatic rings. The van der Waals surface area contributed by atoms with E-state index in [1.54, 1.807) is 0 Å². The van der Waals surface area contributed by atoms with Crippen molar-refractivity contribution in [2.24, 2.45) is 0 Å². The van der Waals surface area contributed by atoms with Crippen LogP contribution in [0.5, 0.6) is 11.5 Å². The molecule has 286 valence electrons. The lowest BCUT2D eigenvalue weighted by Crippen LogP contribution is -2.26. The maximum absolute atomic E-state index is 6.79. The molecule has 0 N–H and O–H groups in total. The number of anilines is 4. The Morgan fingerprint density at radius 2 is 1.23 bits per heavy atom. The molecule has 0 fully saturated rings. The van der Waals surface area contributed by atoms with E-state index in [2.05, 4.69) is 201 Å². The Morgan fingerprint density at radius 1 is 0.554 bits per heavy atom. The summed E-state index contributed by atoms with van der Waals surface area (Å²) < 4.78 is 9.06. The van der Waals surface area contributed by atoms with Crippen LogP contribution in [0.25, 0.3) is 27.6 Å². The number of nitrogens with zero attached hydrogens (tertiary/aromatic N) is 4. The van der Waals surface area contributed by atoms with Crippen LogP contribution >= 0.6 is 0 Å². The van der Waals surface area contributed by atoms with Crippen LogP contribution < -0.4 is 14.5 Å². The van der Waals surface area contributed by atoms with Crippen LogP contribution in [0.2, 0.25) is 0 Å². The molecule has 0 unspecified atom stereocenters. The maximum atomic E-state index is 6.79. The molecule has 0 spiro atoms. The van der Waals surface area contributed by atoms with Crippen molar-refractivity contribution < 1.29 is 4.74 Å². The third kappa shape index (κ3) is 6.61. The van der Waals surface area contributed by atoms with Crippen LogP contribution in [-0.4, -0.2) is 16.2 Å². The fourth-order valence-corrected chi connectivity index (χ4v) is 8.52. The number of rotatable bonds is 5. The largest absolute Gasteiger partial charge is 0.457 e. The van der Waals surface area contributed by atoms with E-state index in [9.17, 15) is 0 Å². The first-order valence-electron chi connectivity index (χ1n) is 20.0. The molecule has 0 amide bonds. The highest BCUT2D eigenvalue weighted by molar-refractivity contribution is 6.09. The molecule has 7 aromatic rings. The topological polar surface area (TPSA) is 33.5 Å². The zero-order valence-electron chi connectivity index (χ0n) is 35.3. The van der Waals surface area contributed by atoms with Crippen LogP contribution in [0.15, 0.2) is 109 Å². The summed E-state index contributed by atoms with van der Waals surface area (Å²) in [5, 5.41) is 2.36. The standard InChI is InChI=1S/C51H56N4O/c1-32-24-33(2)47(34(3)25-32)54-31-53(48-42(51(10,11)12)26-36(27-45(48)54)50(7,8)9)37-16-15-17-38(29-37)56-39-20-21-41-40-18-13-14-19-43(40)55(44(41)30-39)46-28-35(22-23-52-46)49(4,5)6/h13-30H,31H2,1-12H3. The Balaban J connectivity index is 1.24. The zero-order valence-corrected chi connectivity index (χ0v) is 35.3. The van der Waals surface area contributed by atoms with Crippen molar-refractivity contribution in [1.82, 2.24) is 9.55 Å². The van der Waals surface area contributed by atoms with E-state index in [0.29, 0.717) is 6.67 Å². The minimum atomic E-state index is -0.0831. The fraction of sp³-hybridized carbons (Fsp3) is 0.314. The van der Waals surface area contributed by atoms with Gasteiger partial charge in [0.15, 0.2) is 0 Å². The molecule has 0 aliphatic carbocycles. The first kappa shape index (κ1) is 37.4. The number of aryl methyl sites for hydroxylation is 3. The minimum Gasteiger partial charge on any atom is -0.457 e. The zero-order chi connectivity index (χ0) is 39.9. The third-order valence-electron chi connectivity index (χ3n) is 11.4. The number of benzene rings is 5. The summed E-state index contributed by atoms with van der Waals surface area (Å²) in [4.78, 5) is 9.91. The van der Waals surface area contributed by atoms with Crippen molar-refractivity contribution in [3.63, 3.8) is 0 Å². The van der Waals surface area contributed by atoms with Gasteiger partial charge in [0, 0.05) is 40.5 Å². The fourth-order valence-electron chi connectivity index (χ4n) is 8.52. The quantitative estimate of drug-likeness (QED) is 0.176. The summed E-state index contributed by atoms with van der Waals surface area (Å²) in [5.41, 5.74) is 14.8. The van der Waals surface area contributed by atoms with E-state index < -0.39 is 0 Å². The minimum absolute atomic E-state index is 0.00248. The Morgan fingerprint density at radius 3 is 1.93 bits per heavy atom. The van der Waals surface area contributed by atoms with Crippen LogP contribution in [0.3, 0.4) is 0 Å². The Hall–Kier alpha value is -5.55. The predicted molar refractivity (Wildman–Crippen MR) is 237 cm³/mol. The summed E-state index contributed by atoms with van der Waals surface area (Å²) >= 11 is 0. The molecule has 5 nitrogen and oxygen atoms in total. The number of fused-ring (bicyclic) bond motifs is 4. The predicted octanol–water partition coefficient (Wildman–Crippen LogP) is 14.0. The Labute approximate surface area is 333 Å². The first-order chi connectivity index (χ1) is 26.4. The van der Waals surface area contributed by atoms with Gasteiger partial charge in [0.25, 0.3) is 0 Å². The SMILES string of the molecule is Cc1cc(C)c(N2CN(c3cccc(Oc4ccc5c6ccccc6n(-c6cc(C(C)(C)C)ccn6)c5c4)c3)c3c2cc(C(C)(C)C)cc3C(C)(C)C)c(C)c1. The van der Waals surface area contributed by atoms with E-state index in [1.165, 1.54) is 61.2 Å². The average molecular weight is 741 g/mol. The first-order valence-corrected chi connectivity index (χ1v) is 20.0. The lowest BCUT2D eigenvalue weighted by atomic mass is 9.79. The number of para-hydroxylation sites is 1. The molecule has 0 bridgehead atoms. The maximum Gasteiger partial charge on any atom is 0.137 e. The molecule has 0 radical (unpaired) electrons. The highest BCUT2D eigenvalue weighted by Crippen LogP contribution is 2.52. The van der Waals surface area contributed by atoms with Crippen molar-refractivity contribution in [2.75, 3.05) is 16.5 Å². The number of pyridine rings is 1. The molecule has 1 aliphatic heterocycles. The van der Waals surface area contributed by atoms with Crippen molar-refractivity contribution in [3.05, 3.63) is 143 Å². The number of ether oxygens (including phenoxy) is 1. The second kappa shape index (κ2) is 13.3. The summed E-state index contributed by atoms with van der Waals surface area (Å²) in [6.45, 7) is 28.1. The summed E-state index contributed by atoms with van der Waals surface area (Å²) in [7, 11) is 0. The van der Waals surface area contributed by atoms with E-state index in [0.717, 1.165) is 34.0 Å². The van der Waals surface area contributed by atoms with Gasteiger partial charge in [0.05, 0.1) is 22.4 Å². The number of hydrogen-bond acceptors (Lipinski definition) is 4.